The molecule has 0 aromatic carbocycles. The SMILES string of the molecule is C=COCCC12CC3CC(CC(O)(C3)C1)C2. The molecule has 4 rings (SSSR count). The molecule has 4 bridgehead atoms. The van der Waals surface area contributed by atoms with E-state index in [1.54, 1.807) is 0 Å². The highest BCUT2D eigenvalue weighted by atomic mass is 16.5. The van der Waals surface area contributed by atoms with Gasteiger partial charge in [-0.1, -0.05) is 6.58 Å². The van der Waals surface area contributed by atoms with Gasteiger partial charge >= 0.3 is 0 Å². The zero-order valence-corrected chi connectivity index (χ0v) is 9.95. The van der Waals surface area contributed by atoms with Crippen LogP contribution in [0.15, 0.2) is 12.8 Å². The predicted octanol–water partition coefficient (Wildman–Crippen LogP) is 2.87. The first-order valence-electron chi connectivity index (χ1n) is 6.58. The molecule has 1 N–H and O–H groups in total. The van der Waals surface area contributed by atoms with Crippen molar-refractivity contribution in [3.63, 3.8) is 0 Å². The molecule has 2 nitrogen and oxygen atoms in total. The van der Waals surface area contributed by atoms with E-state index in [9.17, 15) is 5.11 Å². The van der Waals surface area contributed by atoms with Crippen LogP contribution in [0.4, 0.5) is 0 Å². The third-order valence-electron chi connectivity index (χ3n) is 5.02. The molecule has 4 saturated carbocycles. The minimum Gasteiger partial charge on any atom is -0.502 e. The van der Waals surface area contributed by atoms with Crippen LogP contribution in [0.3, 0.4) is 0 Å². The topological polar surface area (TPSA) is 29.5 Å². The number of hydrogen-bond donors (Lipinski definition) is 1. The van der Waals surface area contributed by atoms with Crippen molar-refractivity contribution >= 4 is 0 Å². The van der Waals surface area contributed by atoms with Crippen molar-refractivity contribution in [3.05, 3.63) is 12.8 Å². The fraction of sp³-hybridized carbons (Fsp3) is 0.857. The van der Waals surface area contributed by atoms with Crippen molar-refractivity contribution < 1.29 is 9.84 Å². The second kappa shape index (κ2) is 3.49. The number of hydrogen-bond acceptors (Lipinski definition) is 2. The van der Waals surface area contributed by atoms with Gasteiger partial charge in [0.05, 0.1) is 18.5 Å². The summed E-state index contributed by atoms with van der Waals surface area (Å²) in [6.45, 7) is 4.36. The quantitative estimate of drug-likeness (QED) is 0.585. The molecule has 16 heavy (non-hydrogen) atoms. The second-order valence-electron chi connectivity index (χ2n) is 6.47. The summed E-state index contributed by atoms with van der Waals surface area (Å²) < 4.78 is 5.29. The van der Waals surface area contributed by atoms with Crippen molar-refractivity contribution in [2.75, 3.05) is 6.61 Å². The maximum atomic E-state index is 10.6. The Balaban J connectivity index is 1.73. The molecule has 0 aromatic heterocycles. The predicted molar refractivity (Wildman–Crippen MR) is 62.8 cm³/mol. The second-order valence-corrected chi connectivity index (χ2v) is 6.47. The average molecular weight is 222 g/mol. The van der Waals surface area contributed by atoms with Gasteiger partial charge in [0.15, 0.2) is 0 Å². The minimum absolute atomic E-state index is 0.321. The molecule has 0 aliphatic heterocycles. The summed E-state index contributed by atoms with van der Waals surface area (Å²) in [5.74, 6) is 1.57. The summed E-state index contributed by atoms with van der Waals surface area (Å²) >= 11 is 0. The van der Waals surface area contributed by atoms with E-state index in [1.807, 2.05) is 0 Å². The third kappa shape index (κ3) is 1.67. The molecule has 2 atom stereocenters. The molecule has 4 aliphatic rings. The smallest absolute Gasteiger partial charge is 0.0878 e. The van der Waals surface area contributed by atoms with Gasteiger partial charge in [0, 0.05) is 0 Å². The molecule has 4 fully saturated rings. The first-order valence-corrected chi connectivity index (χ1v) is 6.58. The van der Waals surface area contributed by atoms with Gasteiger partial charge in [0.1, 0.15) is 0 Å². The van der Waals surface area contributed by atoms with E-state index in [2.05, 4.69) is 6.58 Å². The van der Waals surface area contributed by atoms with Gasteiger partial charge in [0.2, 0.25) is 0 Å². The lowest BCUT2D eigenvalue weighted by atomic mass is 9.47. The molecular formula is C14H22O2. The Hall–Kier alpha value is -0.500. The lowest BCUT2D eigenvalue weighted by molar-refractivity contribution is -0.168. The molecule has 90 valence electrons. The Morgan fingerprint density at radius 3 is 2.50 bits per heavy atom. The van der Waals surface area contributed by atoms with Crippen molar-refractivity contribution in [1.29, 1.82) is 0 Å². The molecule has 0 radical (unpaired) electrons. The molecule has 2 unspecified atom stereocenters. The summed E-state index contributed by atoms with van der Waals surface area (Å²) in [6, 6.07) is 0. The Morgan fingerprint density at radius 2 is 1.94 bits per heavy atom. The van der Waals surface area contributed by atoms with Crippen molar-refractivity contribution in [2.24, 2.45) is 17.3 Å². The van der Waals surface area contributed by atoms with Crippen LogP contribution in [0.1, 0.15) is 44.9 Å². The van der Waals surface area contributed by atoms with E-state index in [-0.39, 0.29) is 5.60 Å². The summed E-state index contributed by atoms with van der Waals surface area (Å²) in [5.41, 5.74) is 0.0695. The molecule has 0 heterocycles. The Kier molecular flexibility index (Phi) is 2.32. The Labute approximate surface area is 97.7 Å². The highest BCUT2D eigenvalue weighted by Gasteiger charge is 2.56. The fourth-order valence-electron chi connectivity index (χ4n) is 5.05. The van der Waals surface area contributed by atoms with E-state index in [4.69, 9.17) is 4.74 Å². The molecule has 0 spiro atoms. The van der Waals surface area contributed by atoms with E-state index in [0.717, 1.165) is 44.1 Å². The average Bonchev–Trinajstić information content (AvgIpc) is 2.13. The van der Waals surface area contributed by atoms with Crippen LogP contribution in [0.2, 0.25) is 0 Å². The van der Waals surface area contributed by atoms with Crippen LogP contribution in [0, 0.1) is 17.3 Å². The summed E-state index contributed by atoms with van der Waals surface area (Å²) in [6.07, 6.45) is 9.81. The minimum atomic E-state index is -0.321. The van der Waals surface area contributed by atoms with Gasteiger partial charge in [-0.25, -0.2) is 0 Å². The summed E-state index contributed by atoms with van der Waals surface area (Å²) in [4.78, 5) is 0. The lowest BCUT2D eigenvalue weighted by Gasteiger charge is -2.60. The lowest BCUT2D eigenvalue weighted by Crippen LogP contribution is -2.55. The van der Waals surface area contributed by atoms with E-state index in [0.29, 0.717) is 5.41 Å². The summed E-state index contributed by atoms with van der Waals surface area (Å²) in [5, 5.41) is 10.6. The summed E-state index contributed by atoms with van der Waals surface area (Å²) in [7, 11) is 0. The van der Waals surface area contributed by atoms with Crippen molar-refractivity contribution in [2.45, 2.75) is 50.5 Å². The van der Waals surface area contributed by atoms with E-state index >= 15 is 0 Å². The molecule has 4 aliphatic carbocycles. The first kappa shape index (κ1) is 10.6. The zero-order chi connectivity index (χ0) is 11.2. The normalized spacial score (nSPS) is 49.3. The van der Waals surface area contributed by atoms with Gasteiger partial charge in [-0.3, -0.25) is 0 Å². The van der Waals surface area contributed by atoms with E-state index in [1.165, 1.54) is 25.5 Å². The molecule has 0 aromatic rings. The molecular weight excluding hydrogens is 200 g/mol. The molecule has 2 heteroatoms. The van der Waals surface area contributed by atoms with Crippen LogP contribution in [0.25, 0.3) is 0 Å². The van der Waals surface area contributed by atoms with Crippen molar-refractivity contribution in [1.82, 2.24) is 0 Å². The van der Waals surface area contributed by atoms with Gasteiger partial charge in [-0.15, -0.1) is 0 Å². The highest BCUT2D eigenvalue weighted by Crippen LogP contribution is 2.62. The highest BCUT2D eigenvalue weighted by molar-refractivity contribution is 5.08. The first-order chi connectivity index (χ1) is 7.63. The monoisotopic (exact) mass is 222 g/mol. The van der Waals surface area contributed by atoms with Crippen molar-refractivity contribution in [3.8, 4) is 0 Å². The Morgan fingerprint density at radius 1 is 1.25 bits per heavy atom. The zero-order valence-electron chi connectivity index (χ0n) is 9.95. The maximum Gasteiger partial charge on any atom is 0.0878 e. The third-order valence-corrected chi connectivity index (χ3v) is 5.02. The number of aliphatic hydroxyl groups is 1. The van der Waals surface area contributed by atoms with Gasteiger partial charge < -0.3 is 9.84 Å². The standard InChI is InChI=1S/C14H22O2/c1-2-16-4-3-13-6-11-5-12(7-13)9-14(15,8-11)10-13/h2,11-12,15H,1,3-10H2. The molecule has 0 saturated heterocycles. The Bertz CT molecular complexity index is 283. The van der Waals surface area contributed by atoms with Crippen LogP contribution in [-0.2, 0) is 4.74 Å². The number of rotatable bonds is 4. The van der Waals surface area contributed by atoms with Gasteiger partial charge in [0.25, 0.3) is 0 Å². The fourth-order valence-corrected chi connectivity index (χ4v) is 5.05. The van der Waals surface area contributed by atoms with Crippen LogP contribution >= 0.6 is 0 Å². The van der Waals surface area contributed by atoms with Gasteiger partial charge in [-0.05, 0) is 62.2 Å². The van der Waals surface area contributed by atoms with Crippen LogP contribution in [0.5, 0.6) is 0 Å². The largest absolute Gasteiger partial charge is 0.502 e. The molecule has 0 amide bonds. The maximum absolute atomic E-state index is 10.6. The van der Waals surface area contributed by atoms with E-state index < -0.39 is 0 Å². The van der Waals surface area contributed by atoms with Gasteiger partial charge in [-0.2, -0.15) is 0 Å². The number of ether oxygens (including phenoxy) is 1. The van der Waals surface area contributed by atoms with Crippen LogP contribution in [-0.4, -0.2) is 17.3 Å². The van der Waals surface area contributed by atoms with Crippen LogP contribution < -0.4 is 0 Å².